The van der Waals surface area contributed by atoms with E-state index in [-0.39, 0.29) is 14.9 Å². The average molecular weight is 425 g/mol. The van der Waals surface area contributed by atoms with E-state index in [4.69, 9.17) is 0 Å². The number of hydrogen-bond donors (Lipinski definition) is 0. The fourth-order valence-electron chi connectivity index (χ4n) is 2.95. The van der Waals surface area contributed by atoms with Gasteiger partial charge in [-0.15, -0.1) is 0 Å². The van der Waals surface area contributed by atoms with Crippen molar-refractivity contribution in [1.82, 2.24) is 9.97 Å². The third kappa shape index (κ3) is 7.31. The van der Waals surface area contributed by atoms with Crippen LogP contribution in [0.3, 0.4) is 0 Å². The molecule has 0 N–H and O–H groups in total. The lowest BCUT2D eigenvalue weighted by Crippen LogP contribution is -1.89. The highest BCUT2D eigenvalue weighted by Crippen LogP contribution is 2.20. The van der Waals surface area contributed by atoms with Gasteiger partial charge in [-0.1, -0.05) is 108 Å². The zero-order chi connectivity index (χ0) is 21.3. The summed E-state index contributed by atoms with van der Waals surface area (Å²) in [6, 6.07) is 28.7. The van der Waals surface area contributed by atoms with Crippen LogP contribution in [0.4, 0.5) is 0 Å². The van der Waals surface area contributed by atoms with Gasteiger partial charge in [-0.2, -0.15) is 0 Å². The normalized spacial score (nSPS) is 9.62. The van der Waals surface area contributed by atoms with Crippen LogP contribution in [0, 0.1) is 0 Å². The van der Waals surface area contributed by atoms with Crippen molar-refractivity contribution in [1.29, 1.82) is 0 Å². The molecule has 2 aromatic heterocycles. The van der Waals surface area contributed by atoms with Crippen LogP contribution in [-0.2, 0) is 0 Å². The van der Waals surface area contributed by atoms with Gasteiger partial charge in [-0.05, 0) is 41.7 Å². The second kappa shape index (κ2) is 13.0. The Hall–Kier alpha value is -3.52. The van der Waals surface area contributed by atoms with Crippen LogP contribution >= 0.6 is 0 Å². The molecule has 4 aromatic rings. The van der Waals surface area contributed by atoms with Crippen LogP contribution in [0.15, 0.2) is 104 Å². The molecule has 0 aliphatic heterocycles. The highest BCUT2D eigenvalue weighted by atomic mass is 14.7. The monoisotopic (exact) mass is 424 g/mol. The molecule has 0 atom stereocenters. The van der Waals surface area contributed by atoms with E-state index in [1.807, 2.05) is 61.8 Å². The number of aromatic nitrogens is 2. The van der Waals surface area contributed by atoms with Gasteiger partial charge in [0.25, 0.3) is 0 Å². The number of rotatable bonds is 4. The molecular formula is C30H36N2. The molecule has 0 bridgehead atoms. The summed E-state index contributed by atoms with van der Waals surface area (Å²) in [6.45, 7) is 10.2. The highest BCUT2D eigenvalue weighted by Gasteiger charge is 2.01. The molecule has 2 aromatic carbocycles. The average Bonchev–Trinajstić information content (AvgIpc) is 2.81. The minimum atomic E-state index is 0. The molecule has 0 unspecified atom stereocenters. The largest absolute Gasteiger partial charge is 0.256 e. The molecule has 0 saturated carbocycles. The van der Waals surface area contributed by atoms with E-state index < -0.39 is 0 Å². The van der Waals surface area contributed by atoms with Gasteiger partial charge in [0.1, 0.15) is 0 Å². The van der Waals surface area contributed by atoms with Crippen molar-refractivity contribution in [3.05, 3.63) is 115 Å². The summed E-state index contributed by atoms with van der Waals surface area (Å²) >= 11 is 0. The van der Waals surface area contributed by atoms with E-state index in [1.54, 1.807) is 0 Å². The Morgan fingerprint density at radius 3 is 1.47 bits per heavy atom. The van der Waals surface area contributed by atoms with Crippen molar-refractivity contribution >= 4 is 5.57 Å². The number of pyridine rings is 2. The molecule has 166 valence electrons. The summed E-state index contributed by atoms with van der Waals surface area (Å²) in [6.07, 6.45) is 3.83. The molecule has 0 saturated heterocycles. The number of benzene rings is 2. The van der Waals surface area contributed by atoms with Gasteiger partial charge in [0.05, 0.1) is 11.4 Å². The Balaban J connectivity index is 0.000000301. The van der Waals surface area contributed by atoms with E-state index in [1.165, 1.54) is 11.1 Å². The van der Waals surface area contributed by atoms with Crippen molar-refractivity contribution in [2.45, 2.75) is 41.5 Å². The third-order valence-corrected chi connectivity index (χ3v) is 4.85. The molecule has 32 heavy (non-hydrogen) atoms. The zero-order valence-corrected chi connectivity index (χ0v) is 17.9. The number of hydrogen-bond acceptors (Lipinski definition) is 2. The maximum absolute atomic E-state index is 4.47. The maximum atomic E-state index is 4.47. The predicted molar refractivity (Wildman–Crippen MR) is 142 cm³/mol. The van der Waals surface area contributed by atoms with E-state index in [0.717, 1.165) is 28.1 Å². The van der Waals surface area contributed by atoms with Crippen LogP contribution in [0.2, 0.25) is 0 Å². The van der Waals surface area contributed by atoms with Crippen molar-refractivity contribution < 1.29 is 0 Å². The van der Waals surface area contributed by atoms with E-state index in [9.17, 15) is 0 Å². The van der Waals surface area contributed by atoms with Crippen LogP contribution in [0.5, 0.6) is 0 Å². The first kappa shape index (κ1) is 26.5. The quantitative estimate of drug-likeness (QED) is 0.327. The van der Waals surface area contributed by atoms with Gasteiger partial charge >= 0.3 is 0 Å². The molecule has 0 amide bonds. The Labute approximate surface area is 194 Å². The summed E-state index contributed by atoms with van der Waals surface area (Å²) in [4.78, 5) is 8.88. The lowest BCUT2D eigenvalue weighted by molar-refractivity contribution is 0.859. The van der Waals surface area contributed by atoms with Crippen molar-refractivity contribution in [2.24, 2.45) is 0 Å². The second-order valence-electron chi connectivity index (χ2n) is 7.58. The zero-order valence-electron chi connectivity index (χ0n) is 17.9. The van der Waals surface area contributed by atoms with Gasteiger partial charge in [0, 0.05) is 23.5 Å². The van der Waals surface area contributed by atoms with Gasteiger partial charge in [0.15, 0.2) is 0 Å². The summed E-state index contributed by atoms with van der Waals surface area (Å²) in [5, 5.41) is 0. The maximum Gasteiger partial charge on any atom is 0.0702 e. The SMILES string of the molecule is C.C.C=C(C)c1ccc(-c2ccccc2)nc1.CC(C)c1ccc(-c2ccccc2)nc1. The Morgan fingerprint density at radius 1 is 0.656 bits per heavy atom. The van der Waals surface area contributed by atoms with Gasteiger partial charge < -0.3 is 0 Å². The highest BCUT2D eigenvalue weighted by molar-refractivity contribution is 5.64. The molecule has 2 heterocycles. The van der Waals surface area contributed by atoms with E-state index in [2.05, 4.69) is 72.9 Å². The van der Waals surface area contributed by atoms with E-state index >= 15 is 0 Å². The minimum Gasteiger partial charge on any atom is -0.256 e. The van der Waals surface area contributed by atoms with Crippen molar-refractivity contribution in [3.63, 3.8) is 0 Å². The lowest BCUT2D eigenvalue weighted by atomic mass is 10.0. The molecule has 0 fully saturated rings. The first-order chi connectivity index (χ1) is 14.5. The standard InChI is InChI=1S/C14H15N.C14H13N.2CH4/c2*1-11(2)13-8-9-14(15-10-13)12-6-4-3-5-7-12;;/h3-11H,1-2H3;3-10H,1H2,2H3;2*1H4. The predicted octanol–water partition coefficient (Wildman–Crippen LogP) is 8.93. The van der Waals surface area contributed by atoms with Crippen molar-refractivity contribution in [3.8, 4) is 22.5 Å². The molecular weight excluding hydrogens is 388 g/mol. The summed E-state index contributed by atoms with van der Waals surface area (Å²) in [7, 11) is 0. The van der Waals surface area contributed by atoms with Crippen LogP contribution in [0.1, 0.15) is 52.7 Å². The second-order valence-corrected chi connectivity index (χ2v) is 7.58. The molecule has 0 aliphatic carbocycles. The van der Waals surface area contributed by atoms with Gasteiger partial charge in [0.2, 0.25) is 0 Å². The van der Waals surface area contributed by atoms with E-state index in [0.29, 0.717) is 5.92 Å². The lowest BCUT2D eigenvalue weighted by Gasteiger charge is -2.05. The first-order valence-electron chi connectivity index (χ1n) is 10.2. The first-order valence-corrected chi connectivity index (χ1v) is 10.2. The van der Waals surface area contributed by atoms with Crippen LogP contribution in [0.25, 0.3) is 28.1 Å². The Morgan fingerprint density at radius 2 is 1.12 bits per heavy atom. The third-order valence-electron chi connectivity index (χ3n) is 4.85. The molecule has 4 rings (SSSR count). The Bertz CT molecular complexity index is 1050. The molecule has 0 aliphatic rings. The summed E-state index contributed by atoms with van der Waals surface area (Å²) in [5.74, 6) is 0.544. The van der Waals surface area contributed by atoms with Gasteiger partial charge in [-0.25, -0.2) is 0 Å². The molecule has 2 heteroatoms. The van der Waals surface area contributed by atoms with Crippen LogP contribution < -0.4 is 0 Å². The number of nitrogens with zero attached hydrogens (tertiary/aromatic N) is 2. The van der Waals surface area contributed by atoms with Gasteiger partial charge in [-0.3, -0.25) is 9.97 Å². The van der Waals surface area contributed by atoms with Crippen molar-refractivity contribution in [2.75, 3.05) is 0 Å². The molecule has 0 spiro atoms. The smallest absolute Gasteiger partial charge is 0.0702 e. The topological polar surface area (TPSA) is 25.8 Å². The fraction of sp³-hybridized carbons (Fsp3) is 0.200. The fourth-order valence-corrected chi connectivity index (χ4v) is 2.95. The number of allylic oxidation sites excluding steroid dienone is 1. The summed E-state index contributed by atoms with van der Waals surface area (Å²) in [5.41, 5.74) is 7.78. The summed E-state index contributed by atoms with van der Waals surface area (Å²) < 4.78 is 0. The minimum absolute atomic E-state index is 0. The molecule has 0 radical (unpaired) electrons. The molecule has 2 nitrogen and oxygen atoms in total. The Kier molecular flexibility index (Phi) is 10.8. The van der Waals surface area contributed by atoms with Crippen LogP contribution in [-0.4, -0.2) is 9.97 Å².